The van der Waals surface area contributed by atoms with Gasteiger partial charge in [0.2, 0.25) is 0 Å². The Morgan fingerprint density at radius 1 is 1.36 bits per heavy atom. The fourth-order valence-electron chi connectivity index (χ4n) is 3.17. The summed E-state index contributed by atoms with van der Waals surface area (Å²) in [6.45, 7) is 5.05. The summed E-state index contributed by atoms with van der Waals surface area (Å²) in [7, 11) is 0. The Labute approximate surface area is 134 Å². The lowest BCUT2D eigenvalue weighted by Gasteiger charge is -2.18. The number of aromatic nitrogens is 1. The van der Waals surface area contributed by atoms with E-state index in [0.717, 1.165) is 22.3 Å². The zero-order valence-electron chi connectivity index (χ0n) is 13.6. The Morgan fingerprint density at radius 3 is 2.91 bits per heavy atom. The molecule has 0 bridgehead atoms. The van der Waals surface area contributed by atoms with Crippen LogP contribution in [-0.4, -0.2) is 11.5 Å². The van der Waals surface area contributed by atoms with Crippen molar-refractivity contribution in [3.63, 3.8) is 0 Å². The number of nitrogens with zero attached hydrogens (tertiary/aromatic N) is 1. The molecule has 1 N–H and O–H groups in total. The van der Waals surface area contributed by atoms with Crippen LogP contribution in [0.15, 0.2) is 35.8 Å². The quantitative estimate of drug-likeness (QED) is 0.740. The standard InChI is InChI=1S/C18H17FN2S/c1-18(2)9-20-14-8-12(7-11-3-5-13(19)6-4-11)16-17(15(14)18)22-10-21-16/h3-6,8,10,20H,7,9H2,1-2H3/i/hD. The molecular weight excluding hydrogens is 295 g/mol. The second-order valence-corrected chi connectivity index (χ2v) is 7.32. The van der Waals surface area contributed by atoms with E-state index in [1.165, 1.54) is 22.4 Å². The minimum absolute atomic E-state index is 0.0454. The van der Waals surface area contributed by atoms with Crippen LogP contribution >= 0.6 is 11.3 Å². The maximum atomic E-state index is 13.1. The number of benzene rings is 2. The van der Waals surface area contributed by atoms with E-state index in [0.29, 0.717) is 13.0 Å². The molecule has 2 nitrogen and oxygen atoms in total. The summed E-state index contributed by atoms with van der Waals surface area (Å²) in [5.74, 6) is -0.222. The summed E-state index contributed by atoms with van der Waals surface area (Å²) in [5.41, 5.74) is 7.20. The third-order valence-electron chi connectivity index (χ3n) is 4.30. The van der Waals surface area contributed by atoms with E-state index in [9.17, 15) is 4.39 Å². The van der Waals surface area contributed by atoms with Crippen molar-refractivity contribution in [1.29, 1.82) is 0 Å². The van der Waals surface area contributed by atoms with Gasteiger partial charge in [-0.2, -0.15) is 0 Å². The van der Waals surface area contributed by atoms with Crippen LogP contribution < -0.4 is 5.31 Å². The number of hydrogen-bond acceptors (Lipinski definition) is 3. The highest BCUT2D eigenvalue weighted by Crippen LogP contribution is 2.44. The summed E-state index contributed by atoms with van der Waals surface area (Å²) in [5, 5.41) is 1.59. The van der Waals surface area contributed by atoms with Gasteiger partial charge in [0.05, 0.1) is 15.7 Å². The van der Waals surface area contributed by atoms with Gasteiger partial charge in [-0.05, 0) is 35.7 Å². The molecule has 0 spiro atoms. The molecule has 4 rings (SSSR count). The fourth-order valence-corrected chi connectivity index (χ4v) is 4.23. The van der Waals surface area contributed by atoms with Crippen molar-refractivity contribution in [1.82, 2.24) is 4.98 Å². The molecule has 0 unspecified atom stereocenters. The number of hydrogen-bond donors (Lipinski definition) is 1. The van der Waals surface area contributed by atoms with Gasteiger partial charge in [-0.15, -0.1) is 11.3 Å². The highest BCUT2D eigenvalue weighted by molar-refractivity contribution is 7.17. The summed E-state index contributed by atoms with van der Waals surface area (Å²) in [6, 6.07) is 8.68. The normalized spacial score (nSPS) is 16.9. The highest BCUT2D eigenvalue weighted by atomic mass is 32.1. The van der Waals surface area contributed by atoms with Gasteiger partial charge in [-0.1, -0.05) is 26.0 Å². The molecule has 0 saturated heterocycles. The van der Waals surface area contributed by atoms with Gasteiger partial charge < -0.3 is 5.31 Å². The topological polar surface area (TPSA) is 24.9 Å². The van der Waals surface area contributed by atoms with Gasteiger partial charge in [-0.25, -0.2) is 9.37 Å². The van der Waals surface area contributed by atoms with Crippen LogP contribution in [-0.2, 0) is 11.8 Å². The van der Waals surface area contributed by atoms with E-state index in [1.807, 2.05) is 17.6 Å². The molecular formula is C18H17FN2S. The fraction of sp³-hybridized carbons (Fsp3) is 0.278. The van der Waals surface area contributed by atoms with Crippen molar-refractivity contribution in [3.05, 3.63) is 58.3 Å². The molecule has 0 fully saturated rings. The first-order valence-electron chi connectivity index (χ1n) is 7.81. The van der Waals surface area contributed by atoms with Crippen molar-refractivity contribution in [3.8, 4) is 0 Å². The second kappa shape index (κ2) is 4.78. The van der Waals surface area contributed by atoms with Crippen LogP contribution in [0.3, 0.4) is 0 Å². The maximum Gasteiger partial charge on any atom is 0.160 e. The van der Waals surface area contributed by atoms with Crippen LogP contribution in [0.5, 0.6) is 0 Å². The number of fused-ring (bicyclic) bond motifs is 3. The smallest absolute Gasteiger partial charge is 0.160 e. The van der Waals surface area contributed by atoms with Gasteiger partial charge in [0.25, 0.3) is 0 Å². The van der Waals surface area contributed by atoms with Crippen LogP contribution in [0, 0.1) is 5.82 Å². The van der Waals surface area contributed by atoms with E-state index in [1.54, 1.807) is 16.6 Å². The first kappa shape index (κ1) is 12.6. The zero-order chi connectivity index (χ0) is 16.2. The third-order valence-corrected chi connectivity index (χ3v) is 5.14. The monoisotopic (exact) mass is 313 g/mol. The predicted octanol–water partition coefficient (Wildman–Crippen LogP) is 4.73. The minimum atomic E-state index is -0.222. The number of anilines is 1. The predicted molar refractivity (Wildman–Crippen MR) is 90.3 cm³/mol. The van der Waals surface area contributed by atoms with Gasteiger partial charge >= 0.3 is 0 Å². The molecule has 2 aromatic carbocycles. The molecule has 0 amide bonds. The molecule has 1 aliphatic heterocycles. The molecule has 112 valence electrons. The van der Waals surface area contributed by atoms with Gasteiger partial charge in [-0.3, -0.25) is 0 Å². The van der Waals surface area contributed by atoms with Gasteiger partial charge in [0.1, 0.15) is 5.82 Å². The number of thiazole rings is 1. The van der Waals surface area contributed by atoms with E-state index in [2.05, 4.69) is 24.9 Å². The van der Waals surface area contributed by atoms with E-state index in [-0.39, 0.29) is 11.2 Å². The first-order valence-corrected chi connectivity index (χ1v) is 8.24. The first-order chi connectivity index (χ1) is 11.0. The maximum absolute atomic E-state index is 13.1. The SMILES string of the molecule is [2H]N1CC(C)(C)c2c1cc(Cc1ccc(F)cc1)c1ncsc21. The van der Waals surface area contributed by atoms with Crippen molar-refractivity contribution >= 4 is 27.2 Å². The van der Waals surface area contributed by atoms with E-state index in [4.69, 9.17) is 1.41 Å². The van der Waals surface area contributed by atoms with Crippen molar-refractivity contribution in [2.45, 2.75) is 25.7 Å². The summed E-state index contributed by atoms with van der Waals surface area (Å²) in [6.07, 6.45) is 0.696. The lowest BCUT2D eigenvalue weighted by molar-refractivity contribution is 0.591. The number of halogens is 1. The Balaban J connectivity index is 1.87. The lowest BCUT2D eigenvalue weighted by Crippen LogP contribution is -2.19. The molecule has 0 atom stereocenters. The van der Waals surface area contributed by atoms with Gasteiger partial charge in [0, 0.05) is 23.2 Å². The van der Waals surface area contributed by atoms with Crippen LogP contribution in [0.2, 0.25) is 1.41 Å². The summed E-state index contributed by atoms with van der Waals surface area (Å²) in [4.78, 5) is 4.57. The van der Waals surface area contributed by atoms with Crippen molar-refractivity contribution in [2.24, 2.45) is 0 Å². The van der Waals surface area contributed by atoms with Gasteiger partial charge in [0.15, 0.2) is 1.41 Å². The highest BCUT2D eigenvalue weighted by Gasteiger charge is 2.33. The van der Waals surface area contributed by atoms with Crippen LogP contribution in [0.4, 0.5) is 10.1 Å². The summed E-state index contributed by atoms with van der Waals surface area (Å²) >= 11 is 1.64. The Kier molecular flexibility index (Phi) is 2.74. The number of rotatable bonds is 2. The Hall–Kier alpha value is -1.94. The summed E-state index contributed by atoms with van der Waals surface area (Å²) < 4.78 is 22.6. The van der Waals surface area contributed by atoms with E-state index >= 15 is 0 Å². The molecule has 4 heteroatoms. The van der Waals surface area contributed by atoms with Crippen LogP contribution in [0.1, 0.15) is 30.5 Å². The Bertz CT molecular complexity index is 886. The molecule has 0 aliphatic carbocycles. The Morgan fingerprint density at radius 2 is 2.14 bits per heavy atom. The largest absolute Gasteiger partial charge is 0.384 e. The lowest BCUT2D eigenvalue weighted by atomic mass is 9.85. The molecule has 2 heterocycles. The molecule has 3 aromatic rings. The van der Waals surface area contributed by atoms with E-state index < -0.39 is 0 Å². The zero-order valence-corrected chi connectivity index (χ0v) is 13.4. The second-order valence-electron chi connectivity index (χ2n) is 6.46. The average molecular weight is 313 g/mol. The molecule has 0 radical (unpaired) electrons. The van der Waals surface area contributed by atoms with Crippen LogP contribution in [0.25, 0.3) is 10.2 Å². The van der Waals surface area contributed by atoms with Crippen molar-refractivity contribution < 1.29 is 5.80 Å². The third kappa shape index (κ3) is 2.10. The molecule has 0 saturated carbocycles. The average Bonchev–Trinajstić information content (AvgIpc) is 3.05. The number of nitrogens with one attached hydrogen (secondary N) is 1. The molecule has 22 heavy (non-hydrogen) atoms. The molecule has 1 aliphatic rings. The molecule has 1 aromatic heterocycles. The minimum Gasteiger partial charge on any atom is -0.384 e. The van der Waals surface area contributed by atoms with Crippen molar-refractivity contribution in [2.75, 3.05) is 11.9 Å².